The van der Waals surface area contributed by atoms with Crippen molar-refractivity contribution >= 4 is 11.9 Å². The van der Waals surface area contributed by atoms with Crippen LogP contribution in [0.3, 0.4) is 0 Å². The van der Waals surface area contributed by atoms with E-state index in [4.69, 9.17) is 0 Å². The van der Waals surface area contributed by atoms with Gasteiger partial charge in [0.1, 0.15) is 0 Å². The fraction of sp³-hybridized carbons (Fsp3) is 0.714. The number of benzene rings is 1. The van der Waals surface area contributed by atoms with E-state index in [2.05, 4.69) is 52.0 Å². The number of carboxylic acid groups (broad SMARTS) is 2. The van der Waals surface area contributed by atoms with Gasteiger partial charge in [0.25, 0.3) is 0 Å². The molecule has 3 rings (SSSR count). The van der Waals surface area contributed by atoms with Gasteiger partial charge in [-0.25, -0.2) is 0 Å². The van der Waals surface area contributed by atoms with Crippen LogP contribution in [0.25, 0.3) is 0 Å². The fourth-order valence-corrected chi connectivity index (χ4v) is 5.68. The smallest absolute Gasteiger partial charge is 0.309 e. The maximum Gasteiger partial charge on any atom is 0.309 e. The molecule has 0 aromatic heterocycles. The van der Waals surface area contributed by atoms with Crippen LogP contribution in [0.4, 0.5) is 0 Å². The van der Waals surface area contributed by atoms with Crippen molar-refractivity contribution in [1.82, 2.24) is 0 Å². The number of rotatable bonds is 5. The van der Waals surface area contributed by atoms with Crippen molar-refractivity contribution in [3.8, 4) is 0 Å². The third-order valence-electron chi connectivity index (χ3n) is 8.09. The highest BCUT2D eigenvalue weighted by Crippen LogP contribution is 2.51. The van der Waals surface area contributed by atoms with Crippen LogP contribution in [0.2, 0.25) is 0 Å². The van der Waals surface area contributed by atoms with E-state index in [-0.39, 0.29) is 23.7 Å². The third-order valence-corrected chi connectivity index (χ3v) is 8.09. The van der Waals surface area contributed by atoms with Gasteiger partial charge in [-0.3, -0.25) is 9.59 Å². The Bertz CT molecular complexity index is 738. The predicted octanol–water partition coefficient (Wildman–Crippen LogP) is 7.73. The molecule has 182 valence electrons. The SMILES string of the molecule is CCC1C(C)C(C)(C(=O)O)CC(C)c2ccc(cc2)C(C)CC1(C)C(=O)O.CCCCC. The lowest BCUT2D eigenvalue weighted by atomic mass is 9.57. The lowest BCUT2D eigenvalue weighted by molar-refractivity contribution is -0.163. The average molecular weight is 447 g/mol. The van der Waals surface area contributed by atoms with Crippen molar-refractivity contribution in [3.05, 3.63) is 35.4 Å². The van der Waals surface area contributed by atoms with Gasteiger partial charge in [-0.05, 0) is 61.5 Å². The summed E-state index contributed by atoms with van der Waals surface area (Å²) < 4.78 is 0. The Morgan fingerprint density at radius 3 is 1.47 bits per heavy atom. The largest absolute Gasteiger partial charge is 0.481 e. The number of aliphatic carboxylic acids is 2. The van der Waals surface area contributed by atoms with Crippen LogP contribution in [-0.2, 0) is 9.59 Å². The van der Waals surface area contributed by atoms with Crippen LogP contribution in [-0.4, -0.2) is 22.2 Å². The van der Waals surface area contributed by atoms with Crippen LogP contribution in [0.1, 0.15) is 117 Å². The van der Waals surface area contributed by atoms with E-state index in [9.17, 15) is 19.8 Å². The minimum atomic E-state index is -0.988. The van der Waals surface area contributed by atoms with Crippen LogP contribution in [0.5, 0.6) is 0 Å². The Hall–Kier alpha value is -1.84. The van der Waals surface area contributed by atoms with Crippen molar-refractivity contribution in [3.63, 3.8) is 0 Å². The summed E-state index contributed by atoms with van der Waals surface area (Å²) in [5, 5.41) is 20.3. The van der Waals surface area contributed by atoms with E-state index in [0.29, 0.717) is 19.3 Å². The molecular weight excluding hydrogens is 400 g/mol. The van der Waals surface area contributed by atoms with Gasteiger partial charge in [-0.15, -0.1) is 0 Å². The van der Waals surface area contributed by atoms with Crippen molar-refractivity contribution in [1.29, 1.82) is 0 Å². The molecule has 0 aliphatic heterocycles. The van der Waals surface area contributed by atoms with Gasteiger partial charge in [-0.2, -0.15) is 0 Å². The van der Waals surface area contributed by atoms with Crippen molar-refractivity contribution in [2.24, 2.45) is 22.7 Å². The van der Waals surface area contributed by atoms with Gasteiger partial charge in [-0.1, -0.05) is 91.5 Å². The van der Waals surface area contributed by atoms with E-state index in [1.165, 1.54) is 19.3 Å². The molecule has 2 aliphatic rings. The molecule has 2 N–H and O–H groups in total. The summed E-state index contributed by atoms with van der Waals surface area (Å²) in [7, 11) is 0. The first-order chi connectivity index (χ1) is 14.9. The summed E-state index contributed by atoms with van der Waals surface area (Å²) in [6.45, 7) is 16.1. The van der Waals surface area contributed by atoms with Gasteiger partial charge in [0.05, 0.1) is 10.8 Å². The molecule has 4 nitrogen and oxygen atoms in total. The fourth-order valence-electron chi connectivity index (χ4n) is 5.68. The molecule has 1 aromatic rings. The van der Waals surface area contributed by atoms with Gasteiger partial charge < -0.3 is 10.2 Å². The highest BCUT2D eigenvalue weighted by molar-refractivity contribution is 5.77. The topological polar surface area (TPSA) is 74.6 Å². The summed E-state index contributed by atoms with van der Waals surface area (Å²) in [5.74, 6) is -1.97. The predicted molar refractivity (Wildman–Crippen MR) is 132 cm³/mol. The molecule has 2 bridgehead atoms. The monoisotopic (exact) mass is 446 g/mol. The van der Waals surface area contributed by atoms with Crippen molar-refractivity contribution in [2.45, 2.75) is 106 Å². The molecule has 0 heterocycles. The number of fused-ring (bicyclic) bond motifs is 9. The number of carbonyl (C=O) groups is 2. The molecule has 0 amide bonds. The number of carboxylic acids is 2. The molecule has 6 unspecified atom stereocenters. The maximum absolute atomic E-state index is 12.4. The van der Waals surface area contributed by atoms with Crippen molar-refractivity contribution in [2.75, 3.05) is 0 Å². The zero-order valence-corrected chi connectivity index (χ0v) is 21.6. The van der Waals surface area contributed by atoms with Gasteiger partial charge in [0, 0.05) is 0 Å². The van der Waals surface area contributed by atoms with E-state index < -0.39 is 22.8 Å². The van der Waals surface area contributed by atoms with Gasteiger partial charge in [0.2, 0.25) is 0 Å². The summed E-state index contributed by atoms with van der Waals surface area (Å²) in [6.07, 6.45) is 5.71. The molecule has 1 aromatic carbocycles. The minimum Gasteiger partial charge on any atom is -0.481 e. The van der Waals surface area contributed by atoms with Crippen LogP contribution >= 0.6 is 0 Å². The summed E-state index contributed by atoms with van der Waals surface area (Å²) >= 11 is 0. The lowest BCUT2D eigenvalue weighted by Crippen LogP contribution is -2.47. The van der Waals surface area contributed by atoms with Crippen LogP contribution in [0.15, 0.2) is 24.3 Å². The highest BCUT2D eigenvalue weighted by atomic mass is 16.4. The Morgan fingerprint density at radius 2 is 1.19 bits per heavy atom. The first-order valence-electron chi connectivity index (χ1n) is 12.5. The zero-order chi connectivity index (χ0) is 24.7. The quantitative estimate of drug-likeness (QED) is 0.485. The Morgan fingerprint density at radius 1 is 0.812 bits per heavy atom. The lowest BCUT2D eigenvalue weighted by Gasteiger charge is -2.45. The second-order valence-electron chi connectivity index (χ2n) is 10.5. The maximum atomic E-state index is 12.4. The van der Waals surface area contributed by atoms with Crippen LogP contribution < -0.4 is 0 Å². The first-order valence-corrected chi connectivity index (χ1v) is 12.5. The normalized spacial score (nSPS) is 32.8. The van der Waals surface area contributed by atoms with E-state index in [0.717, 1.165) is 11.1 Å². The standard InChI is InChI=1S/C23H34O4.C5H12/c1-7-19-16(4)22(5,20(24)25)12-14(2)17-8-10-18(11-9-17)15(3)13-23(19,6)21(26)27;1-3-5-4-2/h8-11,14-16,19H,7,12-13H2,1-6H3,(H,24,25)(H,26,27);3-5H2,1-2H3. The van der Waals surface area contributed by atoms with Crippen LogP contribution in [0, 0.1) is 22.7 Å². The number of hydrogen-bond donors (Lipinski definition) is 2. The Balaban J connectivity index is 0.000000920. The second-order valence-corrected chi connectivity index (χ2v) is 10.5. The van der Waals surface area contributed by atoms with Gasteiger partial charge in [0.15, 0.2) is 0 Å². The zero-order valence-electron chi connectivity index (χ0n) is 21.6. The molecule has 32 heavy (non-hydrogen) atoms. The summed E-state index contributed by atoms with van der Waals surface area (Å²) in [6, 6.07) is 8.28. The molecule has 6 atom stereocenters. The van der Waals surface area contributed by atoms with E-state index >= 15 is 0 Å². The Labute approximate surface area is 195 Å². The molecule has 2 aliphatic carbocycles. The molecule has 0 saturated heterocycles. The Kier molecular flexibility index (Phi) is 10.4. The number of hydrogen-bond acceptors (Lipinski definition) is 2. The molecule has 4 heteroatoms. The molecule has 0 fully saturated rings. The van der Waals surface area contributed by atoms with E-state index in [1.807, 2.05) is 20.8 Å². The summed E-state index contributed by atoms with van der Waals surface area (Å²) in [5.41, 5.74) is 0.311. The first kappa shape index (κ1) is 28.2. The third kappa shape index (κ3) is 6.14. The van der Waals surface area contributed by atoms with Crippen molar-refractivity contribution < 1.29 is 19.8 Å². The number of unbranched alkanes of at least 4 members (excludes halogenated alkanes) is 2. The molecular formula is C28H46O4. The highest BCUT2D eigenvalue weighted by Gasteiger charge is 2.51. The molecule has 0 spiro atoms. The second kappa shape index (κ2) is 11.9. The molecule has 0 radical (unpaired) electrons. The minimum absolute atomic E-state index is 0.0888. The summed E-state index contributed by atoms with van der Waals surface area (Å²) in [4.78, 5) is 24.8. The average Bonchev–Trinajstić information content (AvgIpc) is 2.74. The van der Waals surface area contributed by atoms with Gasteiger partial charge >= 0.3 is 11.9 Å². The molecule has 0 saturated carbocycles. The van der Waals surface area contributed by atoms with E-state index in [1.54, 1.807) is 6.92 Å².